The number of hydrogen-bond donors (Lipinski definition) is 0. The van der Waals surface area contributed by atoms with Crippen LogP contribution in [0.1, 0.15) is 11.1 Å². The van der Waals surface area contributed by atoms with Gasteiger partial charge in [0.2, 0.25) is 17.4 Å². The molecule has 24 heavy (non-hydrogen) atoms. The highest BCUT2D eigenvalue weighted by Gasteiger charge is 2.24. The number of hydrogen-bond acceptors (Lipinski definition) is 2. The average Bonchev–Trinajstić information content (AvgIpc) is 2.88. The summed E-state index contributed by atoms with van der Waals surface area (Å²) < 4.78 is 36.1. The first-order valence-corrected chi connectivity index (χ1v) is 7.61. The molecule has 3 nitrogen and oxygen atoms in total. The molecule has 4 aromatic rings. The molecule has 5 heteroatoms. The molecule has 0 atom stereocenters. The molecule has 3 aromatic heterocycles. The zero-order valence-corrected chi connectivity index (χ0v) is 13.5. The molecule has 0 N–H and O–H groups in total. The minimum Gasteiger partial charge on any atom is -0.437 e. The molecule has 0 aliphatic rings. The van der Waals surface area contributed by atoms with Crippen LogP contribution in [0.5, 0.6) is 0 Å². The molecule has 0 spiro atoms. The summed E-state index contributed by atoms with van der Waals surface area (Å²) in [7, 11) is 1.91. The topological polar surface area (TPSA) is 29.9 Å². The van der Waals surface area contributed by atoms with Crippen molar-refractivity contribution in [1.82, 2.24) is 4.98 Å². The number of aryl methyl sites for hydroxylation is 3. The Morgan fingerprint density at radius 1 is 1.04 bits per heavy atom. The lowest BCUT2D eigenvalue weighted by atomic mass is 9.99. The fourth-order valence-electron chi connectivity index (χ4n) is 3.26. The van der Waals surface area contributed by atoms with Crippen LogP contribution >= 0.6 is 0 Å². The van der Waals surface area contributed by atoms with E-state index in [0.29, 0.717) is 21.9 Å². The van der Waals surface area contributed by atoms with E-state index in [9.17, 15) is 8.78 Å². The second-order valence-electron chi connectivity index (χ2n) is 6.00. The SMILES string of the molecule is Cc1cc(F)c2c(oc3nc(F)cc(C)c32)c1-c1cccc[n+]1C. The van der Waals surface area contributed by atoms with Gasteiger partial charge in [0.25, 0.3) is 0 Å². The molecule has 120 valence electrons. The van der Waals surface area contributed by atoms with Crippen molar-refractivity contribution in [2.75, 3.05) is 0 Å². The Labute approximate surface area is 137 Å². The number of halogens is 2. The van der Waals surface area contributed by atoms with Crippen molar-refractivity contribution in [3.05, 3.63) is 59.4 Å². The predicted molar refractivity (Wildman–Crippen MR) is 87.5 cm³/mol. The molecule has 0 bridgehead atoms. The Bertz CT molecular complexity index is 1120. The number of rotatable bonds is 1. The van der Waals surface area contributed by atoms with Gasteiger partial charge in [0.05, 0.1) is 16.3 Å². The normalized spacial score (nSPS) is 11.5. The maximum absolute atomic E-state index is 14.7. The monoisotopic (exact) mass is 325 g/mol. The fraction of sp³-hybridized carbons (Fsp3) is 0.158. The lowest BCUT2D eigenvalue weighted by molar-refractivity contribution is -0.660. The Morgan fingerprint density at radius 3 is 2.58 bits per heavy atom. The number of furan rings is 1. The minimum absolute atomic E-state index is 0.117. The van der Waals surface area contributed by atoms with Gasteiger partial charge in [0.1, 0.15) is 12.9 Å². The second kappa shape index (κ2) is 5.09. The third-order valence-electron chi connectivity index (χ3n) is 4.34. The van der Waals surface area contributed by atoms with E-state index in [-0.39, 0.29) is 11.5 Å². The lowest BCUT2D eigenvalue weighted by Gasteiger charge is -2.06. The van der Waals surface area contributed by atoms with Crippen LogP contribution in [0.2, 0.25) is 0 Å². The van der Waals surface area contributed by atoms with Gasteiger partial charge >= 0.3 is 0 Å². The summed E-state index contributed by atoms with van der Waals surface area (Å²) in [4.78, 5) is 3.79. The van der Waals surface area contributed by atoms with E-state index in [4.69, 9.17) is 4.42 Å². The largest absolute Gasteiger partial charge is 0.437 e. The van der Waals surface area contributed by atoms with Crippen LogP contribution in [0.3, 0.4) is 0 Å². The number of benzene rings is 1. The summed E-state index contributed by atoms with van der Waals surface area (Å²) in [5.74, 6) is -1.02. The van der Waals surface area contributed by atoms with Gasteiger partial charge in [-0.25, -0.2) is 8.96 Å². The van der Waals surface area contributed by atoms with Crippen molar-refractivity contribution in [2.45, 2.75) is 13.8 Å². The van der Waals surface area contributed by atoms with Crippen molar-refractivity contribution in [1.29, 1.82) is 0 Å². The zero-order valence-electron chi connectivity index (χ0n) is 13.5. The van der Waals surface area contributed by atoms with E-state index in [1.54, 1.807) is 6.92 Å². The Hall–Kier alpha value is -2.82. The summed E-state index contributed by atoms with van der Waals surface area (Å²) in [6.45, 7) is 3.56. The first kappa shape index (κ1) is 14.8. The van der Waals surface area contributed by atoms with Gasteiger partial charge in [-0.2, -0.15) is 9.37 Å². The number of aromatic nitrogens is 2. The standard InChI is InChI=1S/C19H15F2N2O/c1-10-8-12(20)17-16-11(2)9-14(21)22-19(16)24-18(17)15(10)13-6-4-5-7-23(13)3/h4-9H,1-3H3/q+1. The summed E-state index contributed by atoms with van der Waals surface area (Å²) in [5, 5.41) is 0.864. The van der Waals surface area contributed by atoms with Crippen LogP contribution in [0, 0.1) is 25.6 Å². The van der Waals surface area contributed by atoms with Crippen LogP contribution in [0.25, 0.3) is 33.3 Å². The van der Waals surface area contributed by atoms with E-state index in [1.807, 2.05) is 42.9 Å². The van der Waals surface area contributed by atoms with Gasteiger partial charge in [0, 0.05) is 12.1 Å². The molecular formula is C19H15F2N2O+. The number of fused-ring (bicyclic) bond motifs is 3. The zero-order chi connectivity index (χ0) is 17.0. The molecule has 0 amide bonds. The first-order valence-electron chi connectivity index (χ1n) is 7.61. The van der Waals surface area contributed by atoms with E-state index in [1.165, 1.54) is 12.1 Å². The van der Waals surface area contributed by atoms with Gasteiger partial charge in [-0.3, -0.25) is 0 Å². The molecule has 0 fully saturated rings. The van der Waals surface area contributed by atoms with Crippen molar-refractivity contribution < 1.29 is 17.8 Å². The van der Waals surface area contributed by atoms with Crippen LogP contribution in [-0.4, -0.2) is 4.98 Å². The molecule has 4 rings (SSSR count). The van der Waals surface area contributed by atoms with Crippen LogP contribution < -0.4 is 4.57 Å². The van der Waals surface area contributed by atoms with E-state index >= 15 is 0 Å². The number of pyridine rings is 2. The van der Waals surface area contributed by atoms with E-state index in [0.717, 1.165) is 16.8 Å². The third-order valence-corrected chi connectivity index (χ3v) is 4.34. The fourth-order valence-corrected chi connectivity index (χ4v) is 3.26. The second-order valence-corrected chi connectivity index (χ2v) is 6.00. The molecule has 0 saturated carbocycles. The van der Waals surface area contributed by atoms with Crippen LogP contribution in [0.4, 0.5) is 8.78 Å². The van der Waals surface area contributed by atoms with Crippen molar-refractivity contribution >= 4 is 22.1 Å². The minimum atomic E-state index is -0.636. The molecule has 0 saturated heterocycles. The molecule has 0 unspecified atom stereocenters. The van der Waals surface area contributed by atoms with Gasteiger partial charge in [0.15, 0.2) is 11.8 Å². The third kappa shape index (κ3) is 2.01. The quantitative estimate of drug-likeness (QED) is 0.384. The van der Waals surface area contributed by atoms with Crippen LogP contribution in [0.15, 0.2) is 40.9 Å². The Kier molecular flexibility index (Phi) is 3.13. The summed E-state index contributed by atoms with van der Waals surface area (Å²) in [5.41, 5.74) is 3.53. The van der Waals surface area contributed by atoms with Gasteiger partial charge in [-0.1, -0.05) is 0 Å². The van der Waals surface area contributed by atoms with Crippen molar-refractivity contribution in [3.63, 3.8) is 0 Å². The molecule has 0 aliphatic carbocycles. The van der Waals surface area contributed by atoms with Gasteiger partial charge < -0.3 is 4.42 Å². The van der Waals surface area contributed by atoms with Crippen molar-refractivity contribution in [2.24, 2.45) is 7.05 Å². The highest BCUT2D eigenvalue weighted by molar-refractivity contribution is 6.10. The van der Waals surface area contributed by atoms with Crippen molar-refractivity contribution in [3.8, 4) is 11.3 Å². The lowest BCUT2D eigenvalue weighted by Crippen LogP contribution is -2.30. The molecule has 0 aliphatic heterocycles. The maximum atomic E-state index is 14.7. The highest BCUT2D eigenvalue weighted by atomic mass is 19.1. The summed E-state index contributed by atoms with van der Waals surface area (Å²) >= 11 is 0. The summed E-state index contributed by atoms with van der Waals surface area (Å²) in [6, 6.07) is 8.55. The maximum Gasteiger partial charge on any atom is 0.230 e. The molecule has 0 radical (unpaired) electrons. The molecular weight excluding hydrogens is 310 g/mol. The molecule has 1 aromatic carbocycles. The van der Waals surface area contributed by atoms with Gasteiger partial charge in [-0.15, -0.1) is 0 Å². The van der Waals surface area contributed by atoms with E-state index in [2.05, 4.69) is 4.98 Å². The highest BCUT2D eigenvalue weighted by Crippen LogP contribution is 2.39. The molecule has 3 heterocycles. The van der Waals surface area contributed by atoms with E-state index < -0.39 is 5.95 Å². The Morgan fingerprint density at radius 2 is 1.83 bits per heavy atom. The average molecular weight is 325 g/mol. The first-order chi connectivity index (χ1) is 11.5. The van der Waals surface area contributed by atoms with Crippen LogP contribution in [-0.2, 0) is 7.05 Å². The van der Waals surface area contributed by atoms with Gasteiger partial charge in [-0.05, 0) is 43.2 Å². The smallest absolute Gasteiger partial charge is 0.230 e. The number of nitrogens with zero attached hydrogens (tertiary/aromatic N) is 2. The Balaban J connectivity index is 2.24. The summed E-state index contributed by atoms with van der Waals surface area (Å²) in [6.07, 6.45) is 1.91. The predicted octanol–water partition coefficient (Wildman–Crippen LogP) is 4.37.